The number of hydrogen-bond acceptors (Lipinski definition) is 0. The van der Waals surface area contributed by atoms with E-state index in [1.807, 2.05) is 0 Å². The van der Waals surface area contributed by atoms with E-state index >= 15 is 0 Å². The maximum absolute atomic E-state index is 4.13. The van der Waals surface area contributed by atoms with Crippen molar-refractivity contribution in [3.05, 3.63) is 24.8 Å². The van der Waals surface area contributed by atoms with Gasteiger partial charge in [-0.15, -0.1) is 6.58 Å². The Morgan fingerprint density at radius 3 is 2.08 bits per heavy atom. The van der Waals surface area contributed by atoms with Gasteiger partial charge >= 0.3 is 0 Å². The van der Waals surface area contributed by atoms with Gasteiger partial charge in [0.25, 0.3) is 0 Å². The Morgan fingerprint density at radius 2 is 1.58 bits per heavy atom. The molecule has 0 spiro atoms. The van der Waals surface area contributed by atoms with E-state index in [1.165, 1.54) is 57.8 Å². The zero-order valence-electron chi connectivity index (χ0n) is 17.7. The monoisotopic (exact) mass is 334 g/mol. The topological polar surface area (TPSA) is 0 Å². The molecule has 0 N–H and O–H groups in total. The van der Waals surface area contributed by atoms with E-state index in [2.05, 4.69) is 66.3 Å². The number of hydrogen-bond donors (Lipinski definition) is 0. The van der Waals surface area contributed by atoms with Crippen molar-refractivity contribution in [1.82, 2.24) is 0 Å². The average molecular weight is 335 g/mol. The van der Waals surface area contributed by atoms with E-state index in [-0.39, 0.29) is 0 Å². The summed E-state index contributed by atoms with van der Waals surface area (Å²) in [5.74, 6) is 4.05. The van der Waals surface area contributed by atoms with Crippen LogP contribution in [0.2, 0.25) is 0 Å². The average Bonchev–Trinajstić information content (AvgIpc) is 2.54. The quantitative estimate of drug-likeness (QED) is 0.263. The lowest BCUT2D eigenvalue weighted by Gasteiger charge is -2.28. The number of rotatable bonds is 15. The predicted molar refractivity (Wildman–Crippen MR) is 112 cm³/mol. The van der Waals surface area contributed by atoms with Crippen LogP contribution in [0.15, 0.2) is 24.8 Å². The minimum atomic E-state index is 0.704. The normalized spacial score (nSPS) is 18.2. The lowest BCUT2D eigenvalue weighted by atomic mass is 9.77. The van der Waals surface area contributed by atoms with Gasteiger partial charge in [-0.2, -0.15) is 0 Å². The van der Waals surface area contributed by atoms with Gasteiger partial charge in [0.05, 0.1) is 0 Å². The van der Waals surface area contributed by atoms with Gasteiger partial charge in [0.1, 0.15) is 0 Å². The molecule has 0 aromatic heterocycles. The first kappa shape index (κ1) is 23.5. The van der Waals surface area contributed by atoms with Crippen LogP contribution in [0.4, 0.5) is 0 Å². The highest BCUT2D eigenvalue weighted by Gasteiger charge is 2.21. The molecule has 0 aliphatic heterocycles. The Bertz CT molecular complexity index is 314. The van der Waals surface area contributed by atoms with Gasteiger partial charge in [0.15, 0.2) is 0 Å². The van der Waals surface area contributed by atoms with Crippen LogP contribution in [0.3, 0.4) is 0 Å². The smallest absolute Gasteiger partial charge is 0.0210 e. The fraction of sp³-hybridized carbons (Fsp3) is 0.833. The zero-order valence-corrected chi connectivity index (χ0v) is 17.7. The molecule has 142 valence electrons. The van der Waals surface area contributed by atoms with Crippen molar-refractivity contribution in [2.75, 3.05) is 0 Å². The molecule has 0 radical (unpaired) electrons. The van der Waals surface area contributed by atoms with Crippen LogP contribution in [-0.2, 0) is 0 Å². The maximum Gasteiger partial charge on any atom is -0.0210 e. The van der Waals surface area contributed by atoms with E-state index in [0.717, 1.165) is 23.7 Å². The Kier molecular flexibility index (Phi) is 14.5. The summed E-state index contributed by atoms with van der Waals surface area (Å²) in [6.45, 7) is 18.1. The summed E-state index contributed by atoms with van der Waals surface area (Å²) >= 11 is 0. The zero-order chi connectivity index (χ0) is 18.4. The molecule has 0 saturated carbocycles. The molecule has 0 aliphatic rings. The fourth-order valence-corrected chi connectivity index (χ4v) is 4.46. The predicted octanol–water partition coefficient (Wildman–Crippen LogP) is 8.44. The third-order valence-corrected chi connectivity index (χ3v) is 5.81. The summed E-state index contributed by atoms with van der Waals surface area (Å²) in [7, 11) is 0. The Balaban J connectivity index is 4.55. The van der Waals surface area contributed by atoms with Gasteiger partial charge in [0, 0.05) is 0 Å². The summed E-state index contributed by atoms with van der Waals surface area (Å²) < 4.78 is 0. The molecule has 0 nitrogen and oxygen atoms in total. The molecular weight excluding hydrogens is 288 g/mol. The maximum atomic E-state index is 4.13. The van der Waals surface area contributed by atoms with Crippen molar-refractivity contribution >= 4 is 0 Å². The highest BCUT2D eigenvalue weighted by atomic mass is 14.3. The molecule has 0 saturated heterocycles. The molecule has 0 heteroatoms. The molecule has 0 amide bonds. The van der Waals surface area contributed by atoms with Crippen LogP contribution in [-0.4, -0.2) is 0 Å². The Labute approximate surface area is 154 Å². The van der Waals surface area contributed by atoms with Gasteiger partial charge < -0.3 is 0 Å². The summed E-state index contributed by atoms with van der Waals surface area (Å²) in [4.78, 5) is 0. The van der Waals surface area contributed by atoms with Crippen molar-refractivity contribution in [2.24, 2.45) is 29.6 Å². The molecule has 5 atom stereocenters. The van der Waals surface area contributed by atoms with Crippen molar-refractivity contribution in [2.45, 2.75) is 99.3 Å². The second-order valence-corrected chi connectivity index (χ2v) is 8.16. The standard InChI is InChI=1S/C24H46/c1-8-14-20(6)18-21(7)19-24(23(11-4)12-5)17-13-16-22(10-3)15-9-2/h9,11,15,20-24H,4,8,10,12-14,16-19H2,1-3,5-7H3. The van der Waals surface area contributed by atoms with Crippen LogP contribution in [0.25, 0.3) is 0 Å². The molecule has 24 heavy (non-hydrogen) atoms. The molecule has 0 bridgehead atoms. The Hall–Kier alpha value is -0.520. The van der Waals surface area contributed by atoms with Crippen LogP contribution < -0.4 is 0 Å². The lowest BCUT2D eigenvalue weighted by Crippen LogP contribution is -2.17. The molecule has 0 heterocycles. The first-order chi connectivity index (χ1) is 11.5. The van der Waals surface area contributed by atoms with Gasteiger partial charge in [-0.25, -0.2) is 0 Å². The number of allylic oxidation sites excluding steroid dienone is 3. The molecular formula is C24H46. The third kappa shape index (κ3) is 10.4. The molecule has 0 aromatic carbocycles. The second-order valence-electron chi connectivity index (χ2n) is 8.16. The van der Waals surface area contributed by atoms with Crippen LogP contribution in [0.1, 0.15) is 99.3 Å². The first-order valence-electron chi connectivity index (χ1n) is 10.8. The van der Waals surface area contributed by atoms with Crippen molar-refractivity contribution in [3.8, 4) is 0 Å². The second kappa shape index (κ2) is 14.8. The van der Waals surface area contributed by atoms with E-state index in [0.29, 0.717) is 5.92 Å². The lowest BCUT2D eigenvalue weighted by molar-refractivity contribution is 0.254. The van der Waals surface area contributed by atoms with E-state index < -0.39 is 0 Å². The molecule has 5 unspecified atom stereocenters. The van der Waals surface area contributed by atoms with Gasteiger partial charge in [-0.1, -0.05) is 72.1 Å². The van der Waals surface area contributed by atoms with Gasteiger partial charge in [0.2, 0.25) is 0 Å². The SMILES string of the molecule is C=CC(CC)C(CCCC(C=CC)CC)CC(C)CC(C)CCC. The first-order valence-corrected chi connectivity index (χ1v) is 10.8. The van der Waals surface area contributed by atoms with Crippen molar-refractivity contribution in [1.29, 1.82) is 0 Å². The molecule has 0 aromatic rings. The highest BCUT2D eigenvalue weighted by Crippen LogP contribution is 2.32. The third-order valence-electron chi connectivity index (χ3n) is 5.81. The van der Waals surface area contributed by atoms with Crippen molar-refractivity contribution < 1.29 is 0 Å². The van der Waals surface area contributed by atoms with Gasteiger partial charge in [-0.3, -0.25) is 0 Å². The van der Waals surface area contributed by atoms with Crippen molar-refractivity contribution in [3.63, 3.8) is 0 Å². The molecule has 0 rings (SSSR count). The summed E-state index contributed by atoms with van der Waals surface area (Å²) in [5, 5.41) is 0. The van der Waals surface area contributed by atoms with E-state index in [4.69, 9.17) is 0 Å². The minimum absolute atomic E-state index is 0.704. The highest BCUT2D eigenvalue weighted by molar-refractivity contribution is 4.87. The fourth-order valence-electron chi connectivity index (χ4n) is 4.46. The van der Waals surface area contributed by atoms with Gasteiger partial charge in [-0.05, 0) is 75.0 Å². The Morgan fingerprint density at radius 1 is 0.875 bits per heavy atom. The van der Waals surface area contributed by atoms with E-state index in [9.17, 15) is 0 Å². The van der Waals surface area contributed by atoms with Crippen LogP contribution in [0.5, 0.6) is 0 Å². The summed E-state index contributed by atoms with van der Waals surface area (Å²) in [5.41, 5.74) is 0. The molecule has 0 aliphatic carbocycles. The summed E-state index contributed by atoms with van der Waals surface area (Å²) in [6.07, 6.45) is 19.0. The van der Waals surface area contributed by atoms with Crippen LogP contribution in [0, 0.1) is 29.6 Å². The van der Waals surface area contributed by atoms with Crippen LogP contribution >= 0.6 is 0 Å². The van der Waals surface area contributed by atoms with E-state index in [1.54, 1.807) is 0 Å². The largest absolute Gasteiger partial charge is 0.103 e. The molecule has 0 fully saturated rings. The summed E-state index contributed by atoms with van der Waals surface area (Å²) in [6, 6.07) is 0. The minimum Gasteiger partial charge on any atom is -0.103 e.